The first-order valence-electron chi connectivity index (χ1n) is 7.72. The van der Waals surface area contributed by atoms with Gasteiger partial charge in [0.05, 0.1) is 13.2 Å². The van der Waals surface area contributed by atoms with Crippen molar-refractivity contribution in [2.24, 2.45) is 0 Å². The minimum Gasteiger partial charge on any atom is -0.379 e. The normalized spacial score (nSPS) is 16.6. The van der Waals surface area contributed by atoms with Crippen LogP contribution in [0.1, 0.15) is 32.4 Å². The molecule has 0 unspecified atom stereocenters. The molecule has 4 heteroatoms. The summed E-state index contributed by atoms with van der Waals surface area (Å²) in [4.78, 5) is 9.62. The molecule has 2 rings (SSSR count). The second-order valence-electron chi connectivity index (χ2n) is 5.61. The molecule has 2 heterocycles. The van der Waals surface area contributed by atoms with Crippen LogP contribution >= 0.6 is 0 Å². The molecule has 1 aromatic heterocycles. The van der Waals surface area contributed by atoms with Crippen molar-refractivity contribution in [2.75, 3.05) is 50.8 Å². The van der Waals surface area contributed by atoms with Crippen LogP contribution in [0.15, 0.2) is 18.2 Å². The van der Waals surface area contributed by atoms with E-state index in [1.54, 1.807) is 0 Å². The lowest BCUT2D eigenvalue weighted by molar-refractivity contribution is 0.0392. The first kappa shape index (κ1) is 15.3. The van der Waals surface area contributed by atoms with Crippen LogP contribution in [0, 0.1) is 0 Å². The quantitative estimate of drug-likeness (QED) is 0.798. The van der Waals surface area contributed by atoms with E-state index in [-0.39, 0.29) is 0 Å². The van der Waals surface area contributed by atoms with E-state index in [2.05, 4.69) is 48.8 Å². The maximum absolute atomic E-state index is 5.39. The van der Waals surface area contributed by atoms with Gasteiger partial charge in [0.15, 0.2) is 0 Å². The largest absolute Gasteiger partial charge is 0.379 e. The predicted octanol–water partition coefficient (Wildman–Crippen LogP) is 2.36. The van der Waals surface area contributed by atoms with Gasteiger partial charge in [-0.15, -0.1) is 0 Å². The zero-order valence-corrected chi connectivity index (χ0v) is 13.0. The number of pyridine rings is 1. The Hall–Kier alpha value is -1.13. The average molecular weight is 277 g/mol. The van der Waals surface area contributed by atoms with Crippen LogP contribution in [0.5, 0.6) is 0 Å². The number of likely N-dealkylation sites (N-methyl/N-ethyl adjacent to an activating group) is 1. The van der Waals surface area contributed by atoms with Crippen LogP contribution in [0.4, 0.5) is 5.82 Å². The number of nitrogens with zero attached hydrogens (tertiary/aromatic N) is 3. The summed E-state index contributed by atoms with van der Waals surface area (Å²) in [5.41, 5.74) is 1.17. The third kappa shape index (κ3) is 4.18. The van der Waals surface area contributed by atoms with Gasteiger partial charge in [0.1, 0.15) is 5.82 Å². The third-order valence-corrected chi connectivity index (χ3v) is 3.84. The highest BCUT2D eigenvalue weighted by Gasteiger charge is 2.13. The second-order valence-corrected chi connectivity index (χ2v) is 5.61. The topological polar surface area (TPSA) is 28.6 Å². The maximum atomic E-state index is 5.39. The molecule has 0 radical (unpaired) electrons. The maximum Gasteiger partial charge on any atom is 0.128 e. The van der Waals surface area contributed by atoms with Gasteiger partial charge < -0.3 is 9.64 Å². The summed E-state index contributed by atoms with van der Waals surface area (Å²) in [7, 11) is 0. The van der Waals surface area contributed by atoms with Gasteiger partial charge in [0.2, 0.25) is 0 Å². The highest BCUT2D eigenvalue weighted by atomic mass is 16.5. The van der Waals surface area contributed by atoms with Crippen molar-refractivity contribution in [3.8, 4) is 0 Å². The average Bonchev–Trinajstić information content (AvgIpc) is 2.49. The Morgan fingerprint density at radius 1 is 1.30 bits per heavy atom. The first-order chi connectivity index (χ1) is 9.70. The second kappa shape index (κ2) is 7.60. The summed E-state index contributed by atoms with van der Waals surface area (Å²) in [6.45, 7) is 13.5. The Morgan fingerprint density at radius 2 is 2.05 bits per heavy atom. The number of ether oxygens (including phenoxy) is 1. The molecule has 20 heavy (non-hydrogen) atoms. The first-order valence-corrected chi connectivity index (χ1v) is 7.72. The molecule has 0 bridgehead atoms. The van der Waals surface area contributed by atoms with Gasteiger partial charge in [-0.25, -0.2) is 4.98 Å². The fourth-order valence-electron chi connectivity index (χ4n) is 2.46. The molecule has 0 saturated carbocycles. The molecule has 1 saturated heterocycles. The fourth-order valence-corrected chi connectivity index (χ4v) is 2.46. The lowest BCUT2D eigenvalue weighted by Crippen LogP contribution is -2.41. The Morgan fingerprint density at radius 3 is 2.70 bits per heavy atom. The lowest BCUT2D eigenvalue weighted by Gasteiger charge is -2.30. The fraction of sp³-hybridized carbons (Fsp3) is 0.688. The minimum absolute atomic E-state index is 0.480. The molecular formula is C16H27N3O. The van der Waals surface area contributed by atoms with Gasteiger partial charge in [-0.1, -0.05) is 19.9 Å². The summed E-state index contributed by atoms with van der Waals surface area (Å²) >= 11 is 0. The van der Waals surface area contributed by atoms with Gasteiger partial charge in [-0.2, -0.15) is 0 Å². The number of aromatic nitrogens is 1. The summed E-state index contributed by atoms with van der Waals surface area (Å²) in [6, 6.07) is 6.35. The van der Waals surface area contributed by atoms with Crippen molar-refractivity contribution < 1.29 is 4.74 Å². The molecule has 4 nitrogen and oxygen atoms in total. The van der Waals surface area contributed by atoms with Crippen LogP contribution in [0.3, 0.4) is 0 Å². The Labute approximate surface area is 122 Å². The monoisotopic (exact) mass is 277 g/mol. The van der Waals surface area contributed by atoms with Crippen molar-refractivity contribution in [1.29, 1.82) is 0 Å². The van der Waals surface area contributed by atoms with E-state index >= 15 is 0 Å². The van der Waals surface area contributed by atoms with Crippen molar-refractivity contribution in [2.45, 2.75) is 26.7 Å². The van der Waals surface area contributed by atoms with E-state index in [1.807, 2.05) is 0 Å². The van der Waals surface area contributed by atoms with Gasteiger partial charge in [0, 0.05) is 38.4 Å². The highest BCUT2D eigenvalue weighted by molar-refractivity contribution is 5.39. The molecule has 1 aliphatic rings. The van der Waals surface area contributed by atoms with Crippen molar-refractivity contribution in [3.05, 3.63) is 23.9 Å². The summed E-state index contributed by atoms with van der Waals surface area (Å²) in [5, 5.41) is 0. The molecule has 0 spiro atoms. The zero-order valence-electron chi connectivity index (χ0n) is 13.0. The summed E-state index contributed by atoms with van der Waals surface area (Å²) in [6.07, 6.45) is 0. The summed E-state index contributed by atoms with van der Waals surface area (Å²) < 4.78 is 5.39. The smallest absolute Gasteiger partial charge is 0.128 e. The SMILES string of the molecule is CCN(CCN1CCOCC1)c1cccc(C(C)C)n1. The molecule has 0 aliphatic carbocycles. The molecule has 112 valence electrons. The molecular weight excluding hydrogens is 250 g/mol. The molecule has 1 aromatic rings. The summed E-state index contributed by atoms with van der Waals surface area (Å²) in [5.74, 6) is 1.58. The van der Waals surface area contributed by atoms with E-state index in [1.165, 1.54) is 5.69 Å². The van der Waals surface area contributed by atoms with E-state index in [0.29, 0.717) is 5.92 Å². The molecule has 0 N–H and O–H groups in total. The molecule has 0 aromatic carbocycles. The lowest BCUT2D eigenvalue weighted by atomic mass is 10.1. The van der Waals surface area contributed by atoms with E-state index in [0.717, 1.165) is 51.8 Å². The molecule has 0 atom stereocenters. The van der Waals surface area contributed by atoms with Crippen molar-refractivity contribution >= 4 is 5.82 Å². The third-order valence-electron chi connectivity index (χ3n) is 3.84. The van der Waals surface area contributed by atoms with E-state index in [9.17, 15) is 0 Å². The number of rotatable bonds is 6. The molecule has 0 amide bonds. The number of morpholine rings is 1. The van der Waals surface area contributed by atoms with Crippen LogP contribution in [-0.2, 0) is 4.74 Å². The van der Waals surface area contributed by atoms with Crippen LogP contribution in [-0.4, -0.2) is 55.8 Å². The Bertz CT molecular complexity index is 402. The van der Waals surface area contributed by atoms with Gasteiger partial charge >= 0.3 is 0 Å². The van der Waals surface area contributed by atoms with Crippen molar-refractivity contribution in [3.63, 3.8) is 0 Å². The number of hydrogen-bond acceptors (Lipinski definition) is 4. The van der Waals surface area contributed by atoms with Gasteiger partial charge in [-0.05, 0) is 25.0 Å². The van der Waals surface area contributed by atoms with E-state index in [4.69, 9.17) is 9.72 Å². The standard InChI is InChI=1S/C16H27N3O/c1-4-19(9-8-18-10-12-20-13-11-18)16-7-5-6-15(17-16)14(2)3/h5-7,14H,4,8-13H2,1-3H3. The molecule has 1 aliphatic heterocycles. The van der Waals surface area contributed by atoms with Crippen LogP contribution in [0.2, 0.25) is 0 Å². The minimum atomic E-state index is 0.480. The molecule has 1 fully saturated rings. The highest BCUT2D eigenvalue weighted by Crippen LogP contribution is 2.17. The van der Waals surface area contributed by atoms with Crippen LogP contribution in [0.25, 0.3) is 0 Å². The number of anilines is 1. The zero-order chi connectivity index (χ0) is 14.4. The van der Waals surface area contributed by atoms with E-state index < -0.39 is 0 Å². The van der Waals surface area contributed by atoms with Crippen molar-refractivity contribution in [1.82, 2.24) is 9.88 Å². The Balaban J connectivity index is 1.94. The van der Waals surface area contributed by atoms with Gasteiger partial charge in [0.25, 0.3) is 0 Å². The predicted molar refractivity (Wildman–Crippen MR) is 83.5 cm³/mol. The number of hydrogen-bond donors (Lipinski definition) is 0. The Kier molecular flexibility index (Phi) is 5.80. The van der Waals surface area contributed by atoms with Gasteiger partial charge in [-0.3, -0.25) is 4.90 Å². The van der Waals surface area contributed by atoms with Crippen LogP contribution < -0.4 is 4.90 Å².